The minimum atomic E-state index is -1.25. The highest BCUT2D eigenvalue weighted by Crippen LogP contribution is 2.22. The maximum atomic E-state index is 10.9. The average molecular weight is 312 g/mol. The fourth-order valence-electron chi connectivity index (χ4n) is 1.46. The number of hydrogen-bond acceptors (Lipinski definition) is 6. The van der Waals surface area contributed by atoms with Crippen molar-refractivity contribution in [3.8, 4) is 5.75 Å². The first-order valence-electron chi connectivity index (χ1n) is 6.47. The zero-order valence-corrected chi connectivity index (χ0v) is 12.2. The maximum absolute atomic E-state index is 10.9. The van der Waals surface area contributed by atoms with Crippen molar-refractivity contribution in [3.05, 3.63) is 29.3 Å². The highest BCUT2D eigenvalue weighted by atomic mass is 16.4. The van der Waals surface area contributed by atoms with Gasteiger partial charge in [0.15, 0.2) is 5.78 Å². The Hall–Kier alpha value is -2.45. The Morgan fingerprint density at radius 1 is 1.18 bits per heavy atom. The Balaban J connectivity index is 0.000000433. The van der Waals surface area contributed by atoms with Crippen molar-refractivity contribution >= 4 is 17.7 Å². The number of aliphatic carboxylic acids is 1. The summed E-state index contributed by atoms with van der Waals surface area (Å²) in [6.45, 7) is 1.77. The number of aromatic hydroxyl groups is 1. The molecule has 0 radical (unpaired) electrons. The van der Waals surface area contributed by atoms with E-state index in [1.54, 1.807) is 0 Å². The van der Waals surface area contributed by atoms with Crippen LogP contribution in [0.3, 0.4) is 0 Å². The van der Waals surface area contributed by atoms with Gasteiger partial charge in [-0.3, -0.25) is 9.59 Å². The number of nitrogens with two attached hydrogens (primary N) is 2. The average Bonchev–Trinajstić information content (AvgIpc) is 2.44. The van der Waals surface area contributed by atoms with Crippen LogP contribution in [0.25, 0.3) is 0 Å². The van der Waals surface area contributed by atoms with Gasteiger partial charge in [0.2, 0.25) is 0 Å². The van der Waals surface area contributed by atoms with Crippen LogP contribution in [0.2, 0.25) is 0 Å². The number of hydrogen-bond donors (Lipinski definition) is 5. The van der Waals surface area contributed by atoms with E-state index in [0.717, 1.165) is 0 Å². The molecule has 7 N–H and O–H groups in total. The lowest BCUT2D eigenvalue weighted by molar-refractivity contribution is -0.138. The fraction of sp³-hybridized carbons (Fsp3) is 0.357. The van der Waals surface area contributed by atoms with Crippen molar-refractivity contribution in [1.82, 2.24) is 0 Å². The molecular formula is C14H20N2O6. The van der Waals surface area contributed by atoms with E-state index in [2.05, 4.69) is 0 Å². The quantitative estimate of drug-likeness (QED) is 0.472. The van der Waals surface area contributed by atoms with Crippen molar-refractivity contribution in [2.75, 3.05) is 6.54 Å². The summed E-state index contributed by atoms with van der Waals surface area (Å²) < 4.78 is 0. The van der Waals surface area contributed by atoms with E-state index in [4.69, 9.17) is 21.7 Å². The molecular weight excluding hydrogens is 292 g/mol. The first-order chi connectivity index (χ1) is 10.2. The molecule has 122 valence electrons. The fourth-order valence-corrected chi connectivity index (χ4v) is 1.46. The van der Waals surface area contributed by atoms with Gasteiger partial charge in [-0.25, -0.2) is 4.79 Å². The summed E-state index contributed by atoms with van der Waals surface area (Å²) >= 11 is 0. The lowest BCUT2D eigenvalue weighted by Gasteiger charge is -2.02. The highest BCUT2D eigenvalue weighted by molar-refractivity contribution is 6.01. The number of carbonyl (C=O) groups is 3. The second-order valence-electron chi connectivity index (χ2n) is 4.44. The van der Waals surface area contributed by atoms with E-state index in [0.29, 0.717) is 19.4 Å². The normalized spacial score (nSPS) is 11.0. The third-order valence-corrected chi connectivity index (χ3v) is 2.68. The number of aromatic carboxylic acids is 1. The molecule has 0 saturated carbocycles. The number of phenols is 1. The van der Waals surface area contributed by atoms with E-state index >= 15 is 0 Å². The van der Waals surface area contributed by atoms with E-state index in [1.807, 2.05) is 0 Å². The van der Waals surface area contributed by atoms with Gasteiger partial charge in [0.1, 0.15) is 17.4 Å². The summed E-state index contributed by atoms with van der Waals surface area (Å²) in [6, 6.07) is 3.29. The van der Waals surface area contributed by atoms with E-state index < -0.39 is 23.7 Å². The number of para-hydroxylation sites is 1. The molecule has 1 aromatic rings. The third-order valence-electron chi connectivity index (χ3n) is 2.68. The summed E-state index contributed by atoms with van der Waals surface area (Å²) in [7, 11) is 0. The summed E-state index contributed by atoms with van der Waals surface area (Å²) in [4.78, 5) is 31.5. The van der Waals surface area contributed by atoms with Gasteiger partial charge >= 0.3 is 11.9 Å². The summed E-state index contributed by atoms with van der Waals surface area (Å²) in [5.74, 6) is -3.04. The monoisotopic (exact) mass is 312 g/mol. The molecule has 0 saturated heterocycles. The first-order valence-corrected chi connectivity index (χ1v) is 6.47. The molecule has 1 rings (SSSR count). The molecule has 8 heteroatoms. The van der Waals surface area contributed by atoms with Crippen LogP contribution in [0.1, 0.15) is 40.5 Å². The van der Waals surface area contributed by atoms with Gasteiger partial charge in [0.25, 0.3) is 0 Å². The lowest BCUT2D eigenvalue weighted by Crippen LogP contribution is -2.30. The van der Waals surface area contributed by atoms with E-state index in [-0.39, 0.29) is 16.9 Å². The van der Waals surface area contributed by atoms with Crippen LogP contribution in [-0.4, -0.2) is 45.6 Å². The molecule has 8 nitrogen and oxygen atoms in total. The van der Waals surface area contributed by atoms with Gasteiger partial charge in [0, 0.05) is 0 Å². The Morgan fingerprint density at radius 3 is 2.14 bits per heavy atom. The van der Waals surface area contributed by atoms with Crippen LogP contribution >= 0.6 is 0 Å². The molecule has 0 heterocycles. The number of benzene rings is 1. The molecule has 22 heavy (non-hydrogen) atoms. The second kappa shape index (κ2) is 9.48. The molecule has 0 aromatic heterocycles. The largest absolute Gasteiger partial charge is 0.506 e. The number of ketones is 1. The molecule has 1 unspecified atom stereocenters. The van der Waals surface area contributed by atoms with Gasteiger partial charge in [-0.1, -0.05) is 6.07 Å². The lowest BCUT2D eigenvalue weighted by atomic mass is 10.1. The summed E-state index contributed by atoms with van der Waals surface area (Å²) in [6.07, 6.45) is 1.14. The molecule has 0 aliphatic carbocycles. The van der Waals surface area contributed by atoms with Gasteiger partial charge in [-0.2, -0.15) is 0 Å². The molecule has 0 aliphatic rings. The summed E-state index contributed by atoms with van der Waals surface area (Å²) in [5, 5.41) is 26.2. The Kier molecular flexibility index (Phi) is 8.42. The van der Waals surface area contributed by atoms with Crippen molar-refractivity contribution in [2.24, 2.45) is 11.5 Å². The molecule has 0 aliphatic heterocycles. The van der Waals surface area contributed by atoms with Crippen molar-refractivity contribution in [3.63, 3.8) is 0 Å². The molecule has 1 aromatic carbocycles. The minimum Gasteiger partial charge on any atom is -0.506 e. The smallest absolute Gasteiger partial charge is 0.339 e. The molecule has 0 amide bonds. The number of carboxylic acid groups (broad SMARTS) is 2. The number of Topliss-reactive ketones (excluding diaryl/α,β-unsaturated/α-hetero) is 1. The predicted molar refractivity (Wildman–Crippen MR) is 79.0 cm³/mol. The standard InChI is InChI=1S/C9H8O4.C5H12N2O2/c1-5(10)6-3-2-4-7(8(6)11)9(12)13;6-3-1-2-4(7)5(8)9/h2-4,11H,1H3,(H,12,13);4H,1-3,6-7H2,(H,8,9). The zero-order valence-electron chi connectivity index (χ0n) is 12.2. The van der Waals surface area contributed by atoms with Gasteiger partial charge in [-0.15, -0.1) is 0 Å². The van der Waals surface area contributed by atoms with Gasteiger partial charge in [0.05, 0.1) is 5.56 Å². The first kappa shape index (κ1) is 19.6. The van der Waals surface area contributed by atoms with Crippen LogP contribution in [0, 0.1) is 0 Å². The summed E-state index contributed by atoms with van der Waals surface area (Å²) in [5.41, 5.74) is 10.0. The Morgan fingerprint density at radius 2 is 1.73 bits per heavy atom. The van der Waals surface area contributed by atoms with Crippen LogP contribution in [0.4, 0.5) is 0 Å². The topological polar surface area (TPSA) is 164 Å². The van der Waals surface area contributed by atoms with Gasteiger partial charge in [-0.05, 0) is 38.4 Å². The van der Waals surface area contributed by atoms with Crippen molar-refractivity contribution in [1.29, 1.82) is 0 Å². The Bertz CT molecular complexity index is 512. The minimum absolute atomic E-state index is 0.0277. The number of carboxylic acids is 2. The number of carbonyl (C=O) groups excluding carboxylic acids is 1. The van der Waals surface area contributed by atoms with Crippen LogP contribution in [0.5, 0.6) is 5.75 Å². The number of rotatable bonds is 6. The van der Waals surface area contributed by atoms with E-state index in [9.17, 15) is 19.5 Å². The zero-order chi connectivity index (χ0) is 17.3. The van der Waals surface area contributed by atoms with Crippen molar-refractivity contribution in [2.45, 2.75) is 25.8 Å². The second-order valence-corrected chi connectivity index (χ2v) is 4.44. The van der Waals surface area contributed by atoms with Crippen LogP contribution < -0.4 is 11.5 Å². The SMILES string of the molecule is CC(=O)c1cccc(C(=O)O)c1O.NCCCC(N)C(=O)O. The molecule has 0 bridgehead atoms. The maximum Gasteiger partial charge on any atom is 0.339 e. The third kappa shape index (κ3) is 6.33. The highest BCUT2D eigenvalue weighted by Gasteiger charge is 2.14. The Labute approximate surface area is 127 Å². The van der Waals surface area contributed by atoms with Crippen LogP contribution in [0.15, 0.2) is 18.2 Å². The van der Waals surface area contributed by atoms with E-state index in [1.165, 1.54) is 25.1 Å². The predicted octanol–water partition coefficient (Wildman–Crippen LogP) is 0.430. The molecule has 0 spiro atoms. The molecule has 0 fully saturated rings. The van der Waals surface area contributed by atoms with Crippen molar-refractivity contribution < 1.29 is 29.7 Å². The molecule has 1 atom stereocenters. The van der Waals surface area contributed by atoms with Gasteiger partial charge < -0.3 is 26.8 Å². The van der Waals surface area contributed by atoms with Crippen LogP contribution in [-0.2, 0) is 4.79 Å².